The molecule has 0 radical (unpaired) electrons. The summed E-state index contributed by atoms with van der Waals surface area (Å²) in [5.74, 6) is -0.363. The lowest BCUT2D eigenvalue weighted by Crippen LogP contribution is -1.89. The predicted molar refractivity (Wildman–Crippen MR) is 81.1 cm³/mol. The van der Waals surface area contributed by atoms with Crippen molar-refractivity contribution in [1.29, 1.82) is 0 Å². The van der Waals surface area contributed by atoms with E-state index in [2.05, 4.69) is 0 Å². The van der Waals surface area contributed by atoms with Gasteiger partial charge in [-0.1, -0.05) is 66.7 Å². The van der Waals surface area contributed by atoms with Crippen molar-refractivity contribution in [3.63, 3.8) is 0 Å². The molecular formula is C19H15F. The lowest BCUT2D eigenvalue weighted by molar-refractivity contribution is 0.627. The summed E-state index contributed by atoms with van der Waals surface area (Å²) in [6.45, 7) is 0. The number of benzene rings is 3. The lowest BCUT2D eigenvalue weighted by Gasteiger charge is -2.06. The normalized spacial score (nSPS) is 12.7. The molecule has 0 saturated heterocycles. The molecule has 0 heterocycles. The second kappa shape index (κ2) is 5.70. The van der Waals surface area contributed by atoms with Crippen LogP contribution in [0.1, 0.15) is 13.9 Å². The molecule has 98 valence electrons. The maximum Gasteiger partial charge on any atom is 0.123 e. The first-order valence-corrected chi connectivity index (χ1v) is 6.49. The molecule has 0 aromatic heterocycles. The van der Waals surface area contributed by atoms with Crippen molar-refractivity contribution < 1.29 is 7.13 Å². The minimum Gasteiger partial charge on any atom is -0.207 e. The fourth-order valence-electron chi connectivity index (χ4n) is 2.11. The summed E-state index contributed by atoms with van der Waals surface area (Å²) >= 11 is 0. The van der Waals surface area contributed by atoms with Gasteiger partial charge in [-0.05, 0) is 40.8 Å². The molecule has 0 unspecified atom stereocenters. The third kappa shape index (κ3) is 2.94. The highest BCUT2D eigenvalue weighted by molar-refractivity contribution is 5.64. The van der Waals surface area contributed by atoms with Crippen molar-refractivity contribution in [2.45, 2.75) is 6.37 Å². The van der Waals surface area contributed by atoms with E-state index in [1.54, 1.807) is 6.07 Å². The number of halogens is 1. The third-order valence-electron chi connectivity index (χ3n) is 3.10. The molecule has 0 spiro atoms. The fourth-order valence-corrected chi connectivity index (χ4v) is 2.11. The molecule has 0 aliphatic carbocycles. The van der Waals surface area contributed by atoms with Gasteiger partial charge in [0.15, 0.2) is 0 Å². The maximum absolute atomic E-state index is 13.0. The second-order valence-electron chi connectivity index (χ2n) is 4.58. The summed E-state index contributed by atoms with van der Waals surface area (Å²) in [5, 5.41) is 0. The van der Waals surface area contributed by atoms with Gasteiger partial charge < -0.3 is 0 Å². The van der Waals surface area contributed by atoms with Crippen molar-refractivity contribution >= 4 is 0 Å². The largest absolute Gasteiger partial charge is 0.207 e. The maximum atomic E-state index is 13.0. The molecule has 3 aromatic carbocycles. The second-order valence-corrected chi connectivity index (χ2v) is 4.58. The first-order chi connectivity index (χ1) is 10.6. The molecule has 3 aromatic rings. The van der Waals surface area contributed by atoms with Gasteiger partial charge in [0.2, 0.25) is 0 Å². The van der Waals surface area contributed by atoms with Crippen LogP contribution in [0.3, 0.4) is 0 Å². The Kier molecular flexibility index (Phi) is 2.96. The predicted octanol–water partition coefficient (Wildman–Crippen LogP) is 5.08. The monoisotopic (exact) mass is 264 g/mol. The molecule has 0 saturated carbocycles. The Labute approximate surface area is 121 Å². The summed E-state index contributed by atoms with van der Waals surface area (Å²) in [4.78, 5) is 0. The molecule has 0 amide bonds. The van der Waals surface area contributed by atoms with Crippen LogP contribution in [-0.4, -0.2) is 0 Å². The van der Waals surface area contributed by atoms with Gasteiger partial charge in [-0.25, -0.2) is 4.39 Å². The van der Waals surface area contributed by atoms with Gasteiger partial charge >= 0.3 is 0 Å². The van der Waals surface area contributed by atoms with Crippen molar-refractivity contribution in [1.82, 2.24) is 0 Å². The zero-order valence-corrected chi connectivity index (χ0v) is 10.9. The van der Waals surface area contributed by atoms with Gasteiger partial charge in [0.1, 0.15) is 5.82 Å². The number of rotatable bonds is 3. The third-order valence-corrected chi connectivity index (χ3v) is 3.10. The Morgan fingerprint density at radius 3 is 2.15 bits per heavy atom. The van der Waals surface area contributed by atoms with Gasteiger partial charge in [-0.3, -0.25) is 0 Å². The first-order valence-electron chi connectivity index (χ1n) is 7.49. The zero-order valence-electron chi connectivity index (χ0n) is 12.9. The van der Waals surface area contributed by atoms with Crippen LogP contribution in [0.4, 0.5) is 4.39 Å². The van der Waals surface area contributed by atoms with E-state index in [9.17, 15) is 4.39 Å². The van der Waals surface area contributed by atoms with E-state index in [1.165, 1.54) is 24.3 Å². The Hall–Kier alpha value is -2.41. The van der Waals surface area contributed by atoms with Gasteiger partial charge in [0, 0.05) is 2.74 Å². The van der Waals surface area contributed by atoms with Crippen LogP contribution in [0.2, 0.25) is 0 Å². The number of hydrogen-bond donors (Lipinski definition) is 0. The average molecular weight is 264 g/mol. The minimum atomic E-state index is -1.67. The van der Waals surface area contributed by atoms with E-state index in [0.717, 1.165) is 11.1 Å². The molecule has 3 rings (SSSR count). The van der Waals surface area contributed by atoms with E-state index in [4.69, 9.17) is 2.74 Å². The molecule has 1 heteroatoms. The van der Waals surface area contributed by atoms with Gasteiger partial charge in [0.05, 0.1) is 0 Å². The quantitative estimate of drug-likeness (QED) is 0.618. The van der Waals surface area contributed by atoms with E-state index in [-0.39, 0.29) is 5.82 Å². The molecule has 0 aliphatic rings. The van der Waals surface area contributed by atoms with Crippen LogP contribution in [0.25, 0.3) is 11.1 Å². The molecule has 0 atom stereocenters. The zero-order chi connectivity index (χ0) is 15.6. The molecule has 0 fully saturated rings. The Balaban J connectivity index is 2.02. The summed E-state index contributed by atoms with van der Waals surface area (Å²) in [5.41, 5.74) is 3.00. The van der Waals surface area contributed by atoms with E-state index in [1.807, 2.05) is 48.5 Å². The Morgan fingerprint density at radius 1 is 0.700 bits per heavy atom. The van der Waals surface area contributed by atoms with Crippen LogP contribution in [0, 0.1) is 5.82 Å². The Bertz CT molecular complexity index is 765. The summed E-state index contributed by atoms with van der Waals surface area (Å²) in [6.07, 6.45) is -1.67. The summed E-state index contributed by atoms with van der Waals surface area (Å²) in [7, 11) is 0. The van der Waals surface area contributed by atoms with Crippen molar-refractivity contribution in [2.75, 3.05) is 0 Å². The average Bonchev–Trinajstić information content (AvgIpc) is 2.56. The SMILES string of the molecule is [2H]C([2H])(c1ccc(F)cc1)c1cccc(-c2ccccc2)c1. The minimum absolute atomic E-state index is 0.363. The first kappa shape index (κ1) is 10.4. The van der Waals surface area contributed by atoms with Crippen LogP contribution in [0.5, 0.6) is 0 Å². The van der Waals surface area contributed by atoms with Crippen LogP contribution >= 0.6 is 0 Å². The summed E-state index contributed by atoms with van der Waals surface area (Å²) in [6, 6.07) is 22.8. The molecule has 20 heavy (non-hydrogen) atoms. The van der Waals surface area contributed by atoms with E-state index < -0.39 is 6.37 Å². The van der Waals surface area contributed by atoms with Crippen molar-refractivity contribution in [3.8, 4) is 11.1 Å². The highest BCUT2D eigenvalue weighted by atomic mass is 19.1. The van der Waals surface area contributed by atoms with Crippen LogP contribution in [0.15, 0.2) is 78.9 Å². The molecular weight excluding hydrogens is 247 g/mol. The topological polar surface area (TPSA) is 0 Å². The fraction of sp³-hybridized carbons (Fsp3) is 0.0526. The highest BCUT2D eigenvalue weighted by Gasteiger charge is 2.00. The van der Waals surface area contributed by atoms with Gasteiger partial charge in [0.25, 0.3) is 0 Å². The van der Waals surface area contributed by atoms with E-state index in [0.29, 0.717) is 11.1 Å². The smallest absolute Gasteiger partial charge is 0.123 e. The van der Waals surface area contributed by atoms with Crippen LogP contribution in [-0.2, 0) is 6.37 Å². The Morgan fingerprint density at radius 2 is 1.40 bits per heavy atom. The lowest BCUT2D eigenvalue weighted by atomic mass is 9.99. The summed E-state index contributed by atoms with van der Waals surface area (Å²) < 4.78 is 29.8. The van der Waals surface area contributed by atoms with E-state index >= 15 is 0 Å². The standard InChI is InChI=1S/C19H15F/c20-19-11-9-15(10-12-19)13-16-5-4-8-18(14-16)17-6-2-1-3-7-17/h1-12,14H,13H2/i13D2. The van der Waals surface area contributed by atoms with Crippen molar-refractivity contribution in [3.05, 3.63) is 95.8 Å². The van der Waals surface area contributed by atoms with Crippen molar-refractivity contribution in [2.24, 2.45) is 0 Å². The number of hydrogen-bond acceptors (Lipinski definition) is 0. The van der Waals surface area contributed by atoms with Gasteiger partial charge in [-0.15, -0.1) is 0 Å². The van der Waals surface area contributed by atoms with Gasteiger partial charge in [-0.2, -0.15) is 0 Å². The molecule has 0 bridgehead atoms. The molecule has 0 N–H and O–H groups in total. The molecule has 0 aliphatic heterocycles. The van der Waals surface area contributed by atoms with Crippen LogP contribution < -0.4 is 0 Å². The highest BCUT2D eigenvalue weighted by Crippen LogP contribution is 2.21. The molecule has 0 nitrogen and oxygen atoms in total.